The number of rotatable bonds is 2. The largest absolute Gasteiger partial charge is 0.342 e. The molecular weight excluding hydrogens is 276 g/mol. The monoisotopic (exact) mass is 286 g/mol. The second kappa shape index (κ2) is 4.94. The summed E-state index contributed by atoms with van der Waals surface area (Å²) in [5.41, 5.74) is 2.75. The van der Waals surface area contributed by atoms with Gasteiger partial charge in [-0.25, -0.2) is 4.98 Å². The lowest BCUT2D eigenvalue weighted by atomic mass is 10.2. The van der Waals surface area contributed by atoms with E-state index < -0.39 is 0 Å². The molecule has 3 rings (SSSR count). The number of pyridine rings is 1. The highest BCUT2D eigenvalue weighted by molar-refractivity contribution is 6.34. The molecule has 0 atom stereocenters. The van der Waals surface area contributed by atoms with Crippen LogP contribution in [0.2, 0.25) is 5.02 Å². The van der Waals surface area contributed by atoms with Crippen LogP contribution in [0, 0.1) is 6.92 Å². The van der Waals surface area contributed by atoms with Gasteiger partial charge in [0, 0.05) is 18.1 Å². The number of imidazole rings is 1. The Balaban J connectivity index is 1.89. The third-order valence-electron chi connectivity index (χ3n) is 2.87. The number of aromatic amines is 1. The standard InChI is InChI=1S/C14H11ClN4O/c1-8-17-12-3-2-9(6-13(12)18-8)19-14(20)10-7-16-5-4-11(10)15/h2-7H,1H3,(H,17,18)(H,19,20). The molecule has 5 nitrogen and oxygen atoms in total. The summed E-state index contributed by atoms with van der Waals surface area (Å²) in [4.78, 5) is 23.4. The minimum Gasteiger partial charge on any atom is -0.342 e. The van der Waals surface area contributed by atoms with Crippen LogP contribution in [-0.4, -0.2) is 20.9 Å². The summed E-state index contributed by atoms with van der Waals surface area (Å²) in [5.74, 6) is 0.539. The highest BCUT2D eigenvalue weighted by Gasteiger charge is 2.11. The molecule has 20 heavy (non-hydrogen) atoms. The molecule has 0 radical (unpaired) electrons. The van der Waals surface area contributed by atoms with Crippen molar-refractivity contribution >= 4 is 34.2 Å². The fourth-order valence-corrected chi connectivity index (χ4v) is 2.15. The van der Waals surface area contributed by atoms with Gasteiger partial charge in [-0.1, -0.05) is 11.6 Å². The molecule has 0 spiro atoms. The van der Waals surface area contributed by atoms with Gasteiger partial charge in [0.1, 0.15) is 5.82 Å². The summed E-state index contributed by atoms with van der Waals surface area (Å²) in [6.45, 7) is 1.88. The summed E-state index contributed by atoms with van der Waals surface area (Å²) in [6.07, 6.45) is 2.98. The molecule has 3 aromatic rings. The van der Waals surface area contributed by atoms with Crippen LogP contribution < -0.4 is 5.32 Å². The SMILES string of the molecule is Cc1nc2ccc(NC(=O)c3cnccc3Cl)cc2[nH]1. The summed E-state index contributed by atoms with van der Waals surface area (Å²) in [5, 5.41) is 3.16. The fraction of sp³-hybridized carbons (Fsp3) is 0.0714. The predicted octanol–water partition coefficient (Wildman–Crippen LogP) is 3.17. The molecule has 2 N–H and O–H groups in total. The molecule has 2 aromatic heterocycles. The third-order valence-corrected chi connectivity index (χ3v) is 3.20. The van der Waals surface area contributed by atoms with Crippen molar-refractivity contribution < 1.29 is 4.79 Å². The summed E-state index contributed by atoms with van der Waals surface area (Å²) < 4.78 is 0. The Morgan fingerprint density at radius 3 is 3.00 bits per heavy atom. The van der Waals surface area contributed by atoms with Crippen molar-refractivity contribution in [1.29, 1.82) is 0 Å². The molecule has 0 unspecified atom stereocenters. The van der Waals surface area contributed by atoms with Gasteiger partial charge in [0.05, 0.1) is 21.6 Å². The summed E-state index contributed by atoms with van der Waals surface area (Å²) in [7, 11) is 0. The molecule has 0 aliphatic carbocycles. The van der Waals surface area contributed by atoms with E-state index >= 15 is 0 Å². The van der Waals surface area contributed by atoms with E-state index in [2.05, 4.69) is 20.3 Å². The van der Waals surface area contributed by atoms with Crippen molar-refractivity contribution in [1.82, 2.24) is 15.0 Å². The number of benzene rings is 1. The molecule has 1 aromatic carbocycles. The number of hydrogen-bond acceptors (Lipinski definition) is 3. The van der Waals surface area contributed by atoms with Crippen molar-refractivity contribution in [2.45, 2.75) is 6.92 Å². The highest BCUT2D eigenvalue weighted by atomic mass is 35.5. The highest BCUT2D eigenvalue weighted by Crippen LogP contribution is 2.19. The number of fused-ring (bicyclic) bond motifs is 1. The molecule has 0 saturated heterocycles. The number of amides is 1. The van der Waals surface area contributed by atoms with E-state index in [9.17, 15) is 4.79 Å². The molecule has 0 aliphatic heterocycles. The lowest BCUT2D eigenvalue weighted by Gasteiger charge is -2.06. The number of nitrogens with zero attached hydrogens (tertiary/aromatic N) is 2. The Hall–Kier alpha value is -2.40. The van der Waals surface area contributed by atoms with E-state index in [0.29, 0.717) is 16.3 Å². The van der Waals surface area contributed by atoms with Crippen molar-refractivity contribution in [3.8, 4) is 0 Å². The molecule has 0 bridgehead atoms. The summed E-state index contributed by atoms with van der Waals surface area (Å²) in [6, 6.07) is 7.06. The quantitative estimate of drug-likeness (QED) is 0.760. The molecule has 1 amide bonds. The fourth-order valence-electron chi connectivity index (χ4n) is 1.96. The van der Waals surface area contributed by atoms with E-state index in [1.165, 1.54) is 6.20 Å². The van der Waals surface area contributed by atoms with Crippen molar-refractivity contribution in [2.24, 2.45) is 0 Å². The van der Waals surface area contributed by atoms with Crippen molar-refractivity contribution in [3.63, 3.8) is 0 Å². The van der Waals surface area contributed by atoms with Gasteiger partial charge in [-0.3, -0.25) is 9.78 Å². The number of anilines is 1. The lowest BCUT2D eigenvalue weighted by Crippen LogP contribution is -2.12. The smallest absolute Gasteiger partial charge is 0.258 e. The Morgan fingerprint density at radius 2 is 2.20 bits per heavy atom. The van der Waals surface area contributed by atoms with Crippen LogP contribution in [-0.2, 0) is 0 Å². The number of H-pyrrole nitrogens is 1. The van der Waals surface area contributed by atoms with Crippen LogP contribution in [0.1, 0.15) is 16.2 Å². The molecule has 100 valence electrons. The number of carbonyl (C=O) groups is 1. The van der Waals surface area contributed by atoms with E-state index in [1.807, 2.05) is 19.1 Å². The Kier molecular flexibility index (Phi) is 3.12. The van der Waals surface area contributed by atoms with E-state index in [-0.39, 0.29) is 5.91 Å². The van der Waals surface area contributed by atoms with E-state index in [4.69, 9.17) is 11.6 Å². The molecule has 6 heteroatoms. The van der Waals surface area contributed by atoms with Gasteiger partial charge in [0.2, 0.25) is 0 Å². The van der Waals surface area contributed by atoms with Gasteiger partial charge in [0.15, 0.2) is 0 Å². The van der Waals surface area contributed by atoms with Crippen molar-refractivity contribution in [2.75, 3.05) is 5.32 Å². The maximum atomic E-state index is 12.1. The van der Waals surface area contributed by atoms with Gasteiger partial charge in [-0.15, -0.1) is 0 Å². The first-order valence-electron chi connectivity index (χ1n) is 6.01. The second-order valence-electron chi connectivity index (χ2n) is 4.36. The Bertz CT molecular complexity index is 797. The summed E-state index contributed by atoms with van der Waals surface area (Å²) >= 11 is 5.97. The average Bonchev–Trinajstić information content (AvgIpc) is 2.78. The molecule has 0 fully saturated rings. The second-order valence-corrected chi connectivity index (χ2v) is 4.77. The predicted molar refractivity (Wildman–Crippen MR) is 78.0 cm³/mol. The zero-order valence-electron chi connectivity index (χ0n) is 10.6. The lowest BCUT2D eigenvalue weighted by molar-refractivity contribution is 0.102. The minimum absolute atomic E-state index is 0.293. The van der Waals surface area contributed by atoms with Gasteiger partial charge >= 0.3 is 0 Å². The number of nitrogens with one attached hydrogen (secondary N) is 2. The first-order chi connectivity index (χ1) is 9.63. The normalized spacial score (nSPS) is 10.7. The van der Waals surface area contributed by atoms with E-state index in [0.717, 1.165) is 16.9 Å². The zero-order chi connectivity index (χ0) is 14.1. The van der Waals surface area contributed by atoms with Gasteiger partial charge < -0.3 is 10.3 Å². The van der Waals surface area contributed by atoms with Crippen LogP contribution in [0.5, 0.6) is 0 Å². The number of halogens is 1. The molecular formula is C14H11ClN4O. The van der Waals surface area contributed by atoms with Crippen molar-refractivity contribution in [3.05, 3.63) is 53.1 Å². The molecule has 0 aliphatic rings. The Morgan fingerprint density at radius 1 is 1.35 bits per heavy atom. The van der Waals surface area contributed by atoms with Gasteiger partial charge in [-0.2, -0.15) is 0 Å². The minimum atomic E-state index is -0.293. The number of aryl methyl sites for hydroxylation is 1. The first kappa shape index (κ1) is 12.6. The zero-order valence-corrected chi connectivity index (χ0v) is 11.4. The van der Waals surface area contributed by atoms with Crippen LogP contribution in [0.25, 0.3) is 11.0 Å². The third kappa shape index (κ3) is 2.35. The maximum Gasteiger partial charge on any atom is 0.258 e. The topological polar surface area (TPSA) is 70.7 Å². The van der Waals surface area contributed by atoms with Gasteiger partial charge in [0.25, 0.3) is 5.91 Å². The van der Waals surface area contributed by atoms with Crippen LogP contribution >= 0.6 is 11.6 Å². The van der Waals surface area contributed by atoms with E-state index in [1.54, 1.807) is 18.3 Å². The van der Waals surface area contributed by atoms with Crippen LogP contribution in [0.15, 0.2) is 36.7 Å². The van der Waals surface area contributed by atoms with Crippen LogP contribution in [0.4, 0.5) is 5.69 Å². The van der Waals surface area contributed by atoms with Crippen LogP contribution in [0.3, 0.4) is 0 Å². The molecule has 0 saturated carbocycles. The molecule has 2 heterocycles. The van der Waals surface area contributed by atoms with Gasteiger partial charge in [-0.05, 0) is 31.2 Å². The maximum absolute atomic E-state index is 12.1. The average molecular weight is 287 g/mol. The number of aromatic nitrogens is 3. The first-order valence-corrected chi connectivity index (χ1v) is 6.38. The Labute approximate surface area is 120 Å². The number of hydrogen-bond donors (Lipinski definition) is 2. The number of carbonyl (C=O) groups excluding carboxylic acids is 1.